The van der Waals surface area contributed by atoms with Crippen LogP contribution in [0.4, 0.5) is 13.2 Å². The number of halogens is 5. The maximum absolute atomic E-state index is 12.6. The van der Waals surface area contributed by atoms with Crippen molar-refractivity contribution in [1.82, 2.24) is 9.78 Å². The summed E-state index contributed by atoms with van der Waals surface area (Å²) in [5, 5.41) is 3.68. The van der Waals surface area contributed by atoms with Gasteiger partial charge in [-0.3, -0.25) is 0 Å². The van der Waals surface area contributed by atoms with Gasteiger partial charge >= 0.3 is 6.18 Å². The monoisotopic (exact) mass is 280 g/mol. The zero-order valence-corrected chi connectivity index (χ0v) is 9.68. The summed E-state index contributed by atoms with van der Waals surface area (Å²) < 4.78 is 39.1. The summed E-state index contributed by atoms with van der Waals surface area (Å²) in [4.78, 5) is 0. The molecular formula is C10H5Cl2F3N2. The predicted octanol–water partition coefficient (Wildman–Crippen LogP) is 4.20. The Morgan fingerprint density at radius 3 is 2.35 bits per heavy atom. The van der Waals surface area contributed by atoms with E-state index in [0.29, 0.717) is 0 Å². The summed E-state index contributed by atoms with van der Waals surface area (Å²) in [6.45, 7) is 0. The Hall–Kier alpha value is -1.20. The van der Waals surface area contributed by atoms with E-state index in [1.165, 1.54) is 23.0 Å². The van der Waals surface area contributed by atoms with Gasteiger partial charge in [-0.05, 0) is 24.3 Å². The van der Waals surface area contributed by atoms with Crippen molar-refractivity contribution >= 4 is 23.2 Å². The van der Waals surface area contributed by atoms with Gasteiger partial charge in [0.25, 0.3) is 0 Å². The van der Waals surface area contributed by atoms with Crippen molar-refractivity contribution in [2.24, 2.45) is 0 Å². The molecule has 0 radical (unpaired) electrons. The van der Waals surface area contributed by atoms with Crippen LogP contribution in [0.15, 0.2) is 30.5 Å². The average Bonchev–Trinajstić information content (AvgIpc) is 2.63. The van der Waals surface area contributed by atoms with Crippen LogP contribution in [0.2, 0.25) is 10.2 Å². The third-order valence-electron chi connectivity index (χ3n) is 2.10. The number of hydrogen-bond donors (Lipinski definition) is 0. The fraction of sp³-hybridized carbons (Fsp3) is 0.100. The molecule has 0 fully saturated rings. The van der Waals surface area contributed by atoms with Crippen LogP contribution in [0.3, 0.4) is 0 Å². The lowest BCUT2D eigenvalue weighted by atomic mass is 10.2. The van der Waals surface area contributed by atoms with Crippen molar-refractivity contribution in [2.45, 2.75) is 6.18 Å². The summed E-state index contributed by atoms with van der Waals surface area (Å²) >= 11 is 11.3. The Bertz CT molecular complexity index is 549. The highest BCUT2D eigenvalue weighted by Crippen LogP contribution is 2.36. The second-order valence-corrected chi connectivity index (χ2v) is 4.02. The van der Waals surface area contributed by atoms with E-state index >= 15 is 0 Å². The number of rotatable bonds is 1. The SMILES string of the molecule is FC(F)(F)c1cc(-n2nccc2Cl)ccc1Cl. The third kappa shape index (κ3) is 2.40. The number of nitrogens with zero attached hydrogens (tertiary/aromatic N) is 2. The van der Waals surface area contributed by atoms with E-state index in [4.69, 9.17) is 23.2 Å². The highest BCUT2D eigenvalue weighted by atomic mass is 35.5. The summed E-state index contributed by atoms with van der Waals surface area (Å²) in [6.07, 6.45) is -3.11. The van der Waals surface area contributed by atoms with Crippen LogP contribution in [0.1, 0.15) is 5.56 Å². The van der Waals surface area contributed by atoms with Crippen molar-refractivity contribution in [3.05, 3.63) is 46.2 Å². The van der Waals surface area contributed by atoms with Gasteiger partial charge in [0.15, 0.2) is 0 Å². The Morgan fingerprint density at radius 2 is 1.82 bits per heavy atom. The average molecular weight is 281 g/mol. The first kappa shape index (κ1) is 12.3. The molecule has 0 N–H and O–H groups in total. The van der Waals surface area contributed by atoms with Crippen LogP contribution in [-0.2, 0) is 6.18 Å². The molecule has 0 aliphatic carbocycles. The van der Waals surface area contributed by atoms with Crippen LogP contribution >= 0.6 is 23.2 Å². The van der Waals surface area contributed by atoms with Crippen molar-refractivity contribution in [3.63, 3.8) is 0 Å². The van der Waals surface area contributed by atoms with Gasteiger partial charge in [0.1, 0.15) is 5.15 Å². The molecule has 0 atom stereocenters. The molecule has 0 bridgehead atoms. The summed E-state index contributed by atoms with van der Waals surface area (Å²) in [7, 11) is 0. The quantitative estimate of drug-likeness (QED) is 0.766. The molecule has 1 aromatic heterocycles. The van der Waals surface area contributed by atoms with Crippen LogP contribution < -0.4 is 0 Å². The number of hydrogen-bond acceptors (Lipinski definition) is 1. The lowest BCUT2D eigenvalue weighted by Gasteiger charge is -2.11. The number of alkyl halides is 3. The van der Waals surface area contributed by atoms with Crippen LogP contribution in [0, 0.1) is 0 Å². The molecule has 0 saturated carbocycles. The molecule has 2 aromatic rings. The smallest absolute Gasteiger partial charge is 0.222 e. The van der Waals surface area contributed by atoms with E-state index in [1.807, 2.05) is 0 Å². The fourth-order valence-electron chi connectivity index (χ4n) is 1.34. The second-order valence-electron chi connectivity index (χ2n) is 3.23. The van der Waals surface area contributed by atoms with Gasteiger partial charge < -0.3 is 0 Å². The van der Waals surface area contributed by atoms with Gasteiger partial charge in [0, 0.05) is 0 Å². The van der Waals surface area contributed by atoms with Crippen LogP contribution in [0.25, 0.3) is 5.69 Å². The van der Waals surface area contributed by atoms with Crippen LogP contribution in [-0.4, -0.2) is 9.78 Å². The first-order chi connectivity index (χ1) is 7.89. The third-order valence-corrected chi connectivity index (χ3v) is 2.71. The first-order valence-corrected chi connectivity index (χ1v) is 5.22. The van der Waals surface area contributed by atoms with E-state index in [2.05, 4.69) is 5.10 Å². The van der Waals surface area contributed by atoms with Crippen LogP contribution in [0.5, 0.6) is 0 Å². The van der Waals surface area contributed by atoms with Gasteiger partial charge in [-0.25, -0.2) is 4.68 Å². The van der Waals surface area contributed by atoms with Crippen molar-refractivity contribution in [1.29, 1.82) is 0 Å². The minimum atomic E-state index is -4.51. The lowest BCUT2D eigenvalue weighted by molar-refractivity contribution is -0.137. The van der Waals surface area contributed by atoms with E-state index in [-0.39, 0.29) is 15.9 Å². The highest BCUT2D eigenvalue weighted by molar-refractivity contribution is 6.31. The first-order valence-electron chi connectivity index (χ1n) is 4.46. The van der Waals surface area contributed by atoms with Crippen molar-refractivity contribution in [3.8, 4) is 5.69 Å². The molecule has 0 amide bonds. The van der Waals surface area contributed by atoms with E-state index in [0.717, 1.165) is 12.1 Å². The minimum absolute atomic E-state index is 0.205. The van der Waals surface area contributed by atoms with E-state index < -0.39 is 11.7 Å². The van der Waals surface area contributed by atoms with E-state index in [1.54, 1.807) is 0 Å². The molecule has 2 nitrogen and oxygen atoms in total. The van der Waals surface area contributed by atoms with E-state index in [9.17, 15) is 13.2 Å². The lowest BCUT2D eigenvalue weighted by Crippen LogP contribution is -2.07. The molecule has 7 heteroatoms. The zero-order chi connectivity index (χ0) is 12.6. The van der Waals surface area contributed by atoms with Gasteiger partial charge in [0.05, 0.1) is 22.5 Å². The van der Waals surface area contributed by atoms with Gasteiger partial charge in [-0.2, -0.15) is 18.3 Å². The molecule has 0 aliphatic heterocycles. The Labute approximate surface area is 105 Å². The largest absolute Gasteiger partial charge is 0.417 e. The molecule has 0 spiro atoms. The molecule has 2 rings (SSSR count). The molecule has 17 heavy (non-hydrogen) atoms. The molecule has 1 aromatic carbocycles. The molecule has 90 valence electrons. The van der Waals surface area contributed by atoms with Crippen molar-refractivity contribution < 1.29 is 13.2 Å². The standard InChI is InChI=1S/C10H5Cl2F3N2/c11-8-2-1-6(5-7(8)10(13,14)15)17-9(12)3-4-16-17/h1-5H. The Kier molecular flexibility index (Phi) is 3.05. The van der Waals surface area contributed by atoms with Gasteiger partial charge in [0.2, 0.25) is 0 Å². The molecule has 0 aliphatic rings. The zero-order valence-electron chi connectivity index (χ0n) is 8.17. The normalized spacial score (nSPS) is 11.8. The maximum Gasteiger partial charge on any atom is 0.417 e. The molecular weight excluding hydrogens is 276 g/mol. The van der Waals surface area contributed by atoms with Crippen molar-refractivity contribution in [2.75, 3.05) is 0 Å². The topological polar surface area (TPSA) is 17.8 Å². The molecule has 0 saturated heterocycles. The summed E-state index contributed by atoms with van der Waals surface area (Å²) in [5.41, 5.74) is -0.708. The predicted molar refractivity (Wildman–Crippen MR) is 58.6 cm³/mol. The summed E-state index contributed by atoms with van der Waals surface area (Å²) in [5.74, 6) is 0. The second kappa shape index (κ2) is 4.23. The number of benzene rings is 1. The molecule has 1 heterocycles. The fourth-order valence-corrected chi connectivity index (χ4v) is 1.76. The van der Waals surface area contributed by atoms with Gasteiger partial charge in [-0.15, -0.1) is 0 Å². The number of aromatic nitrogens is 2. The Balaban J connectivity index is 2.56. The van der Waals surface area contributed by atoms with Gasteiger partial charge in [-0.1, -0.05) is 23.2 Å². The minimum Gasteiger partial charge on any atom is -0.222 e. The maximum atomic E-state index is 12.6. The Morgan fingerprint density at radius 1 is 1.12 bits per heavy atom. The highest BCUT2D eigenvalue weighted by Gasteiger charge is 2.33. The molecule has 0 unspecified atom stereocenters. The summed E-state index contributed by atoms with van der Waals surface area (Å²) in [6, 6.07) is 4.96.